The Bertz CT molecular complexity index is 1170. The third-order valence-corrected chi connectivity index (χ3v) is 6.68. The molecule has 176 valence electrons. The minimum atomic E-state index is -0.299. The van der Waals surface area contributed by atoms with Gasteiger partial charge < -0.3 is 10.2 Å². The van der Waals surface area contributed by atoms with E-state index < -0.39 is 0 Å². The number of carbonyl (C=O) groups excluding carboxylic acids is 1. The van der Waals surface area contributed by atoms with Crippen LogP contribution in [0.3, 0.4) is 0 Å². The summed E-state index contributed by atoms with van der Waals surface area (Å²) in [6.45, 7) is 2.52. The molecule has 1 saturated carbocycles. The molecule has 1 aliphatic heterocycles. The van der Waals surface area contributed by atoms with Crippen LogP contribution >= 0.6 is 0 Å². The molecule has 8 nitrogen and oxygen atoms in total. The summed E-state index contributed by atoms with van der Waals surface area (Å²) in [7, 11) is 0. The highest BCUT2D eigenvalue weighted by molar-refractivity contribution is 5.92. The van der Waals surface area contributed by atoms with E-state index in [4.69, 9.17) is 0 Å². The molecule has 34 heavy (non-hydrogen) atoms. The predicted molar refractivity (Wildman–Crippen MR) is 130 cm³/mol. The summed E-state index contributed by atoms with van der Waals surface area (Å²) < 4.78 is 1.42. The molecule has 1 aliphatic carbocycles. The van der Waals surface area contributed by atoms with Crippen molar-refractivity contribution in [3.63, 3.8) is 0 Å². The quantitative estimate of drug-likeness (QED) is 0.558. The van der Waals surface area contributed by atoms with Crippen molar-refractivity contribution in [3.05, 3.63) is 81.9 Å². The van der Waals surface area contributed by atoms with E-state index in [1.807, 2.05) is 6.07 Å². The van der Waals surface area contributed by atoms with Crippen LogP contribution in [-0.4, -0.2) is 45.5 Å². The third-order valence-electron chi connectivity index (χ3n) is 6.68. The molecule has 3 aromatic rings. The molecule has 0 spiro atoms. The minimum Gasteiger partial charge on any atom is -0.355 e. The molecule has 1 aromatic carbocycles. The van der Waals surface area contributed by atoms with E-state index in [0.29, 0.717) is 24.9 Å². The summed E-state index contributed by atoms with van der Waals surface area (Å²) in [5, 5.41) is 15.7. The molecular formula is C26H30N6O2. The van der Waals surface area contributed by atoms with E-state index in [2.05, 4.69) is 55.8 Å². The smallest absolute Gasteiger partial charge is 0.271 e. The van der Waals surface area contributed by atoms with Gasteiger partial charge in [0.25, 0.3) is 11.5 Å². The summed E-state index contributed by atoms with van der Waals surface area (Å²) in [6, 6.07) is 17.6. The molecule has 2 aliphatic rings. The lowest BCUT2D eigenvalue weighted by molar-refractivity contribution is 0.0945. The van der Waals surface area contributed by atoms with Crippen LogP contribution in [-0.2, 0) is 13.0 Å². The fourth-order valence-corrected chi connectivity index (χ4v) is 4.52. The molecule has 0 atom stereocenters. The van der Waals surface area contributed by atoms with Crippen molar-refractivity contribution in [2.45, 2.75) is 44.6 Å². The lowest BCUT2D eigenvalue weighted by Crippen LogP contribution is -2.35. The van der Waals surface area contributed by atoms with Crippen molar-refractivity contribution in [1.29, 1.82) is 0 Å². The normalized spacial score (nSPS) is 16.4. The fraction of sp³-hybridized carbons (Fsp3) is 0.423. The Morgan fingerprint density at radius 2 is 1.74 bits per heavy atom. The van der Waals surface area contributed by atoms with Crippen LogP contribution < -0.4 is 15.8 Å². The predicted octanol–water partition coefficient (Wildman–Crippen LogP) is 2.80. The van der Waals surface area contributed by atoms with Crippen molar-refractivity contribution in [2.75, 3.05) is 24.5 Å². The van der Waals surface area contributed by atoms with E-state index in [9.17, 15) is 9.59 Å². The first-order chi connectivity index (χ1) is 16.7. The highest BCUT2D eigenvalue weighted by Gasteiger charge is 2.25. The molecular weight excluding hydrogens is 428 g/mol. The number of nitrogens with one attached hydrogen (secondary N) is 1. The standard InChI is InChI=1S/C26H30N6O2/c33-25-11-9-22(21-6-7-21)30-32(25)17-14-27-26(34)23-8-10-24(29-28-23)31-15-12-20(13-16-31)18-19-4-2-1-3-5-19/h1-5,8-11,20-21H,6-7,12-18H2,(H,27,34). The van der Waals surface area contributed by atoms with Crippen LogP contribution in [0.15, 0.2) is 59.4 Å². The Kier molecular flexibility index (Phi) is 6.65. The Morgan fingerprint density at radius 3 is 2.44 bits per heavy atom. The average Bonchev–Trinajstić information content (AvgIpc) is 3.72. The van der Waals surface area contributed by atoms with Crippen LogP contribution in [0.2, 0.25) is 0 Å². The molecule has 0 radical (unpaired) electrons. The van der Waals surface area contributed by atoms with Crippen molar-refractivity contribution in [3.8, 4) is 0 Å². The van der Waals surface area contributed by atoms with Gasteiger partial charge in [0.15, 0.2) is 11.5 Å². The van der Waals surface area contributed by atoms with Gasteiger partial charge in [-0.15, -0.1) is 10.2 Å². The lowest BCUT2D eigenvalue weighted by atomic mass is 9.90. The first kappa shape index (κ1) is 22.3. The topological polar surface area (TPSA) is 93.0 Å². The molecule has 2 fully saturated rings. The molecule has 8 heteroatoms. The van der Waals surface area contributed by atoms with Gasteiger partial charge in [0.1, 0.15) is 0 Å². The number of amides is 1. The van der Waals surface area contributed by atoms with Crippen molar-refractivity contribution >= 4 is 11.7 Å². The first-order valence-corrected chi connectivity index (χ1v) is 12.1. The number of aromatic nitrogens is 4. The van der Waals surface area contributed by atoms with Crippen LogP contribution in [0.25, 0.3) is 0 Å². The zero-order valence-electron chi connectivity index (χ0n) is 19.3. The lowest BCUT2D eigenvalue weighted by Gasteiger charge is -2.32. The van der Waals surface area contributed by atoms with Crippen LogP contribution in [0.4, 0.5) is 5.82 Å². The van der Waals surface area contributed by atoms with Gasteiger partial charge in [0.05, 0.1) is 12.2 Å². The van der Waals surface area contributed by atoms with Crippen LogP contribution in [0.5, 0.6) is 0 Å². The average molecular weight is 459 g/mol. The van der Waals surface area contributed by atoms with Gasteiger partial charge >= 0.3 is 0 Å². The summed E-state index contributed by atoms with van der Waals surface area (Å²) in [4.78, 5) is 26.7. The summed E-state index contributed by atoms with van der Waals surface area (Å²) in [5.41, 5.74) is 2.47. The maximum absolute atomic E-state index is 12.5. The first-order valence-electron chi connectivity index (χ1n) is 12.1. The van der Waals surface area contributed by atoms with Gasteiger partial charge in [0.2, 0.25) is 0 Å². The molecule has 3 heterocycles. The zero-order chi connectivity index (χ0) is 23.3. The number of hydrogen-bond acceptors (Lipinski definition) is 6. The number of benzene rings is 1. The van der Waals surface area contributed by atoms with Crippen molar-refractivity contribution < 1.29 is 4.79 Å². The second-order valence-corrected chi connectivity index (χ2v) is 9.25. The van der Waals surface area contributed by atoms with Gasteiger partial charge in [-0.3, -0.25) is 9.59 Å². The van der Waals surface area contributed by atoms with Gasteiger partial charge in [-0.25, -0.2) is 4.68 Å². The molecule has 1 N–H and O–H groups in total. The van der Waals surface area contributed by atoms with Crippen LogP contribution in [0.1, 0.15) is 53.3 Å². The summed E-state index contributed by atoms with van der Waals surface area (Å²) in [6.07, 6.45) is 5.61. The van der Waals surface area contributed by atoms with Crippen molar-refractivity contribution in [2.24, 2.45) is 5.92 Å². The number of piperidine rings is 1. The third kappa shape index (κ3) is 5.50. The van der Waals surface area contributed by atoms with E-state index >= 15 is 0 Å². The van der Waals surface area contributed by atoms with E-state index in [1.54, 1.807) is 18.2 Å². The Morgan fingerprint density at radius 1 is 0.941 bits per heavy atom. The summed E-state index contributed by atoms with van der Waals surface area (Å²) >= 11 is 0. The highest BCUT2D eigenvalue weighted by Crippen LogP contribution is 2.38. The molecule has 0 bridgehead atoms. The SMILES string of the molecule is O=C(NCCn1nc(C2CC2)ccc1=O)c1ccc(N2CCC(Cc3ccccc3)CC2)nn1. The highest BCUT2D eigenvalue weighted by atomic mass is 16.2. The number of rotatable bonds is 8. The number of carbonyl (C=O) groups is 1. The summed E-state index contributed by atoms with van der Waals surface area (Å²) in [5.74, 6) is 1.67. The number of nitrogens with zero attached hydrogens (tertiary/aromatic N) is 5. The monoisotopic (exact) mass is 458 g/mol. The van der Waals surface area contributed by atoms with E-state index in [1.165, 1.54) is 10.2 Å². The largest absolute Gasteiger partial charge is 0.355 e. The van der Waals surface area contributed by atoms with Crippen LogP contribution in [0, 0.1) is 5.92 Å². The minimum absolute atomic E-state index is 0.157. The number of anilines is 1. The maximum atomic E-state index is 12.5. The Balaban J connectivity index is 1.09. The van der Waals surface area contributed by atoms with Gasteiger partial charge in [-0.2, -0.15) is 5.10 Å². The molecule has 5 rings (SSSR count). The molecule has 1 amide bonds. The Hall–Kier alpha value is -3.55. The van der Waals surface area contributed by atoms with Gasteiger partial charge in [-0.05, 0) is 61.8 Å². The fourth-order valence-electron chi connectivity index (χ4n) is 4.52. The molecule has 2 aromatic heterocycles. The van der Waals surface area contributed by atoms with Gasteiger partial charge in [0, 0.05) is 31.6 Å². The molecule has 1 saturated heterocycles. The maximum Gasteiger partial charge on any atom is 0.271 e. The van der Waals surface area contributed by atoms with Gasteiger partial charge in [-0.1, -0.05) is 30.3 Å². The van der Waals surface area contributed by atoms with E-state index in [0.717, 1.165) is 56.7 Å². The molecule has 0 unspecified atom stereocenters. The van der Waals surface area contributed by atoms with Crippen molar-refractivity contribution in [1.82, 2.24) is 25.3 Å². The second-order valence-electron chi connectivity index (χ2n) is 9.25. The number of hydrogen-bond donors (Lipinski definition) is 1. The van der Waals surface area contributed by atoms with E-state index in [-0.39, 0.29) is 17.2 Å². The Labute approximate surface area is 199 Å². The zero-order valence-corrected chi connectivity index (χ0v) is 19.3. The second kappa shape index (κ2) is 10.2.